The highest BCUT2D eigenvalue weighted by molar-refractivity contribution is 6.30. The summed E-state index contributed by atoms with van der Waals surface area (Å²) >= 11 is 5.79. The molecule has 0 amide bonds. The zero-order valence-corrected chi connectivity index (χ0v) is 9.93. The lowest BCUT2D eigenvalue weighted by Crippen LogP contribution is -2.25. The summed E-state index contributed by atoms with van der Waals surface area (Å²) in [5, 5.41) is 3.42. The van der Waals surface area contributed by atoms with Gasteiger partial charge >= 0.3 is 0 Å². The second-order valence-electron chi connectivity index (χ2n) is 4.06. The Morgan fingerprint density at radius 3 is 2.94 bits per heavy atom. The molecule has 1 aliphatic rings. The highest BCUT2D eigenvalue weighted by atomic mass is 35.5. The summed E-state index contributed by atoms with van der Waals surface area (Å²) in [7, 11) is 1.90. The first-order chi connectivity index (χ1) is 7.72. The van der Waals surface area contributed by atoms with Crippen molar-refractivity contribution in [3.8, 4) is 0 Å². The van der Waals surface area contributed by atoms with E-state index in [2.05, 4.69) is 5.32 Å². The third-order valence-electron chi connectivity index (χ3n) is 3.05. The van der Waals surface area contributed by atoms with E-state index < -0.39 is 0 Å². The van der Waals surface area contributed by atoms with Crippen molar-refractivity contribution in [3.63, 3.8) is 0 Å². The minimum Gasteiger partial charge on any atom is -0.381 e. The maximum atomic E-state index is 13.1. The van der Waals surface area contributed by atoms with E-state index in [1.165, 1.54) is 6.07 Å². The van der Waals surface area contributed by atoms with Crippen LogP contribution in [0.4, 0.5) is 4.39 Å². The Morgan fingerprint density at radius 2 is 2.38 bits per heavy atom. The highest BCUT2D eigenvalue weighted by Crippen LogP contribution is 2.30. The van der Waals surface area contributed by atoms with Crippen LogP contribution in [0.1, 0.15) is 18.0 Å². The van der Waals surface area contributed by atoms with Gasteiger partial charge in [0.1, 0.15) is 5.82 Å². The Labute approximate surface area is 99.7 Å². The molecule has 2 unspecified atom stereocenters. The predicted octanol–water partition coefficient (Wildman–Crippen LogP) is 2.78. The molecule has 88 valence electrons. The zero-order chi connectivity index (χ0) is 11.5. The van der Waals surface area contributed by atoms with Gasteiger partial charge in [0.2, 0.25) is 0 Å². The Kier molecular flexibility index (Phi) is 3.79. The van der Waals surface area contributed by atoms with Crippen molar-refractivity contribution < 1.29 is 9.13 Å². The lowest BCUT2D eigenvalue weighted by Gasteiger charge is -2.22. The standard InChI is InChI=1S/C12H15ClFNO/c1-15-12(9-4-5-16-7-9)8-2-3-11(14)10(13)6-8/h2-3,6,9,12,15H,4-5,7H2,1H3. The molecule has 1 saturated heterocycles. The first kappa shape index (κ1) is 11.8. The lowest BCUT2D eigenvalue weighted by molar-refractivity contribution is 0.178. The smallest absolute Gasteiger partial charge is 0.141 e. The first-order valence-corrected chi connectivity index (χ1v) is 5.80. The van der Waals surface area contributed by atoms with E-state index in [0.29, 0.717) is 5.92 Å². The molecule has 2 nitrogen and oxygen atoms in total. The molecule has 0 aromatic heterocycles. The summed E-state index contributed by atoms with van der Waals surface area (Å²) in [4.78, 5) is 0. The number of hydrogen-bond donors (Lipinski definition) is 1. The number of nitrogens with one attached hydrogen (secondary N) is 1. The highest BCUT2D eigenvalue weighted by Gasteiger charge is 2.26. The van der Waals surface area contributed by atoms with Crippen molar-refractivity contribution in [2.75, 3.05) is 20.3 Å². The molecular weight excluding hydrogens is 229 g/mol. The van der Waals surface area contributed by atoms with Crippen LogP contribution in [0.15, 0.2) is 18.2 Å². The first-order valence-electron chi connectivity index (χ1n) is 5.42. The molecule has 0 saturated carbocycles. The molecule has 0 bridgehead atoms. The van der Waals surface area contributed by atoms with Crippen molar-refractivity contribution in [3.05, 3.63) is 34.6 Å². The van der Waals surface area contributed by atoms with Crippen LogP contribution < -0.4 is 5.32 Å². The average Bonchev–Trinajstić information content (AvgIpc) is 2.78. The van der Waals surface area contributed by atoms with Gasteiger partial charge in [-0.1, -0.05) is 17.7 Å². The normalized spacial score (nSPS) is 22.3. The Hall–Kier alpha value is -0.640. The summed E-state index contributed by atoms with van der Waals surface area (Å²) in [5.41, 5.74) is 1.02. The summed E-state index contributed by atoms with van der Waals surface area (Å²) in [6, 6.07) is 5.06. The molecule has 4 heteroatoms. The van der Waals surface area contributed by atoms with E-state index in [0.717, 1.165) is 25.2 Å². The van der Waals surface area contributed by atoms with Gasteiger partial charge in [0.05, 0.1) is 11.6 Å². The maximum absolute atomic E-state index is 13.1. The third-order valence-corrected chi connectivity index (χ3v) is 3.34. The Balaban J connectivity index is 2.22. The van der Waals surface area contributed by atoms with Gasteiger partial charge in [0.15, 0.2) is 0 Å². The quantitative estimate of drug-likeness (QED) is 0.882. The summed E-state index contributed by atoms with van der Waals surface area (Å²) in [5.74, 6) is 0.0643. The molecule has 1 N–H and O–H groups in total. The van der Waals surface area contributed by atoms with Crippen LogP contribution in [0.2, 0.25) is 5.02 Å². The van der Waals surface area contributed by atoms with Crippen LogP contribution in [0.5, 0.6) is 0 Å². The third kappa shape index (κ3) is 2.37. The molecule has 16 heavy (non-hydrogen) atoms. The number of halogens is 2. The SMILES string of the molecule is CNC(c1ccc(F)c(Cl)c1)C1CCOC1. The monoisotopic (exact) mass is 243 g/mol. The van der Waals surface area contributed by atoms with E-state index in [-0.39, 0.29) is 16.9 Å². The van der Waals surface area contributed by atoms with Gasteiger partial charge in [0.25, 0.3) is 0 Å². The molecule has 1 aromatic carbocycles. The van der Waals surface area contributed by atoms with Gasteiger partial charge in [-0.2, -0.15) is 0 Å². The van der Waals surface area contributed by atoms with E-state index in [1.807, 2.05) is 7.05 Å². The molecule has 2 rings (SSSR count). The van der Waals surface area contributed by atoms with Gasteiger partial charge in [0, 0.05) is 18.6 Å². The zero-order valence-electron chi connectivity index (χ0n) is 9.17. The van der Waals surface area contributed by atoms with Gasteiger partial charge in [-0.3, -0.25) is 0 Å². The van der Waals surface area contributed by atoms with Crippen molar-refractivity contribution in [1.29, 1.82) is 0 Å². The van der Waals surface area contributed by atoms with E-state index in [9.17, 15) is 4.39 Å². The van der Waals surface area contributed by atoms with Gasteiger partial charge in [-0.05, 0) is 31.2 Å². The largest absolute Gasteiger partial charge is 0.381 e. The van der Waals surface area contributed by atoms with Crippen LogP contribution in [-0.2, 0) is 4.74 Å². The average molecular weight is 244 g/mol. The maximum Gasteiger partial charge on any atom is 0.141 e. The molecule has 1 fully saturated rings. The van der Waals surface area contributed by atoms with Crippen molar-refractivity contribution in [2.45, 2.75) is 12.5 Å². The van der Waals surface area contributed by atoms with E-state index in [4.69, 9.17) is 16.3 Å². The van der Waals surface area contributed by atoms with Crippen molar-refractivity contribution >= 4 is 11.6 Å². The Bertz CT molecular complexity index is 366. The molecular formula is C12H15ClFNO. The van der Waals surface area contributed by atoms with Crippen LogP contribution in [-0.4, -0.2) is 20.3 Å². The number of rotatable bonds is 3. The topological polar surface area (TPSA) is 21.3 Å². The van der Waals surface area contributed by atoms with Crippen LogP contribution in [0, 0.1) is 11.7 Å². The molecule has 1 aromatic rings. The molecule has 0 spiro atoms. The number of benzene rings is 1. The summed E-state index contributed by atoms with van der Waals surface area (Å²) in [6.07, 6.45) is 1.03. The fraction of sp³-hybridized carbons (Fsp3) is 0.500. The minimum atomic E-state index is -0.372. The Morgan fingerprint density at radius 1 is 1.56 bits per heavy atom. The predicted molar refractivity (Wildman–Crippen MR) is 62.1 cm³/mol. The van der Waals surface area contributed by atoms with Crippen molar-refractivity contribution in [1.82, 2.24) is 5.32 Å². The van der Waals surface area contributed by atoms with E-state index >= 15 is 0 Å². The fourth-order valence-electron chi connectivity index (χ4n) is 2.20. The minimum absolute atomic E-state index is 0.177. The second kappa shape index (κ2) is 5.13. The number of hydrogen-bond acceptors (Lipinski definition) is 2. The van der Waals surface area contributed by atoms with Gasteiger partial charge < -0.3 is 10.1 Å². The number of ether oxygens (including phenoxy) is 1. The van der Waals surface area contributed by atoms with Crippen LogP contribution in [0.25, 0.3) is 0 Å². The summed E-state index contributed by atoms with van der Waals surface area (Å²) in [6.45, 7) is 1.55. The fourth-order valence-corrected chi connectivity index (χ4v) is 2.38. The molecule has 0 radical (unpaired) electrons. The van der Waals surface area contributed by atoms with Crippen LogP contribution >= 0.6 is 11.6 Å². The lowest BCUT2D eigenvalue weighted by atomic mass is 9.92. The summed E-state index contributed by atoms with van der Waals surface area (Å²) < 4.78 is 18.4. The molecule has 1 aliphatic heterocycles. The van der Waals surface area contributed by atoms with Gasteiger partial charge in [-0.25, -0.2) is 4.39 Å². The van der Waals surface area contributed by atoms with Crippen molar-refractivity contribution in [2.24, 2.45) is 5.92 Å². The molecule has 1 heterocycles. The van der Waals surface area contributed by atoms with Gasteiger partial charge in [-0.15, -0.1) is 0 Å². The second-order valence-corrected chi connectivity index (χ2v) is 4.47. The van der Waals surface area contributed by atoms with E-state index in [1.54, 1.807) is 12.1 Å². The molecule has 0 aliphatic carbocycles. The van der Waals surface area contributed by atoms with Crippen LogP contribution in [0.3, 0.4) is 0 Å². The molecule has 2 atom stereocenters.